The van der Waals surface area contributed by atoms with Gasteiger partial charge in [-0.25, -0.2) is 0 Å². The van der Waals surface area contributed by atoms with Gasteiger partial charge < -0.3 is 5.11 Å². The number of aliphatic hydroxyl groups excluding tert-OH is 1. The van der Waals surface area contributed by atoms with Crippen molar-refractivity contribution in [1.29, 1.82) is 0 Å². The molecule has 0 saturated carbocycles. The summed E-state index contributed by atoms with van der Waals surface area (Å²) in [5.74, 6) is 0. The first-order valence-corrected chi connectivity index (χ1v) is 5.69. The number of hydrogen-bond donors (Lipinski definition) is 1. The molecule has 1 aliphatic rings. The molecule has 1 aliphatic heterocycles. The third-order valence-corrected chi connectivity index (χ3v) is 3.11. The number of hydrogen-bond acceptors (Lipinski definition) is 3. The van der Waals surface area contributed by atoms with Crippen LogP contribution in [0.5, 0.6) is 0 Å². The summed E-state index contributed by atoms with van der Waals surface area (Å²) in [6.07, 6.45) is 6.34. The van der Waals surface area contributed by atoms with Crippen LogP contribution in [0.2, 0.25) is 0 Å². The number of aryl methyl sites for hydroxylation is 1. The summed E-state index contributed by atoms with van der Waals surface area (Å²) in [4.78, 5) is 2.34. The smallest absolute Gasteiger partial charge is 0.0587 e. The molecule has 0 spiro atoms. The maximum absolute atomic E-state index is 9.20. The van der Waals surface area contributed by atoms with Crippen molar-refractivity contribution in [2.24, 2.45) is 0 Å². The van der Waals surface area contributed by atoms with E-state index in [4.69, 9.17) is 0 Å². The molecular formula is C11H19N3O. The first-order chi connectivity index (χ1) is 7.33. The fourth-order valence-corrected chi connectivity index (χ4v) is 2.21. The third-order valence-electron chi connectivity index (χ3n) is 3.11. The molecule has 0 bridgehead atoms. The first kappa shape index (κ1) is 10.6. The van der Waals surface area contributed by atoms with Crippen molar-refractivity contribution in [3.8, 4) is 0 Å². The minimum Gasteiger partial charge on any atom is -0.395 e. The lowest BCUT2D eigenvalue weighted by atomic mass is 10.2. The van der Waals surface area contributed by atoms with Crippen LogP contribution in [0.15, 0.2) is 12.4 Å². The van der Waals surface area contributed by atoms with Crippen molar-refractivity contribution in [2.45, 2.75) is 38.9 Å². The second-order valence-corrected chi connectivity index (χ2v) is 4.15. The van der Waals surface area contributed by atoms with Crippen LogP contribution >= 0.6 is 0 Å². The molecule has 15 heavy (non-hydrogen) atoms. The predicted octanol–water partition coefficient (Wildman–Crippen LogP) is 0.860. The molecule has 1 atom stereocenters. The van der Waals surface area contributed by atoms with Gasteiger partial charge in [0.15, 0.2) is 0 Å². The molecule has 0 unspecified atom stereocenters. The number of nitrogens with zero attached hydrogens (tertiary/aromatic N) is 3. The van der Waals surface area contributed by atoms with Gasteiger partial charge in [0.2, 0.25) is 0 Å². The lowest BCUT2D eigenvalue weighted by Gasteiger charge is -2.21. The van der Waals surface area contributed by atoms with Gasteiger partial charge >= 0.3 is 0 Å². The summed E-state index contributed by atoms with van der Waals surface area (Å²) in [6.45, 7) is 5.31. The Labute approximate surface area is 90.5 Å². The highest BCUT2D eigenvalue weighted by Gasteiger charge is 2.23. The van der Waals surface area contributed by atoms with Gasteiger partial charge in [0.1, 0.15) is 0 Å². The number of aliphatic hydroxyl groups is 1. The number of rotatable bonds is 4. The molecule has 0 aromatic carbocycles. The van der Waals surface area contributed by atoms with Gasteiger partial charge in [0, 0.05) is 30.9 Å². The van der Waals surface area contributed by atoms with E-state index in [1.54, 1.807) is 0 Å². The topological polar surface area (TPSA) is 41.3 Å². The Morgan fingerprint density at radius 3 is 3.13 bits per heavy atom. The molecule has 1 N–H and O–H groups in total. The Balaban J connectivity index is 1.95. The van der Waals surface area contributed by atoms with Crippen LogP contribution in [-0.4, -0.2) is 39.0 Å². The number of aromatic nitrogens is 2. The Hall–Kier alpha value is -0.870. The summed E-state index contributed by atoms with van der Waals surface area (Å²) >= 11 is 0. The maximum atomic E-state index is 9.20. The van der Waals surface area contributed by atoms with Crippen molar-refractivity contribution in [1.82, 2.24) is 14.7 Å². The fraction of sp³-hybridized carbons (Fsp3) is 0.727. The minimum atomic E-state index is 0.280. The van der Waals surface area contributed by atoms with Gasteiger partial charge in [-0.05, 0) is 26.3 Å². The van der Waals surface area contributed by atoms with E-state index in [-0.39, 0.29) is 6.61 Å². The second kappa shape index (κ2) is 4.77. The fourth-order valence-electron chi connectivity index (χ4n) is 2.21. The minimum absolute atomic E-state index is 0.280. The van der Waals surface area contributed by atoms with Crippen molar-refractivity contribution in [3.05, 3.63) is 18.0 Å². The standard InChI is InChI=1S/C11H19N3O/c1-2-14-8-10(6-12-14)7-13-5-3-4-11(13)9-15/h6,8,11,15H,2-5,7,9H2,1H3/t11-/m1/s1. The highest BCUT2D eigenvalue weighted by atomic mass is 16.3. The predicted molar refractivity (Wildman–Crippen MR) is 58.4 cm³/mol. The van der Waals surface area contributed by atoms with Gasteiger partial charge in [-0.1, -0.05) is 0 Å². The molecule has 0 radical (unpaired) electrons. The Bertz CT molecular complexity index is 311. The average molecular weight is 209 g/mol. The Kier molecular flexibility index (Phi) is 3.38. The van der Waals surface area contributed by atoms with Crippen LogP contribution in [0.25, 0.3) is 0 Å². The Morgan fingerprint density at radius 2 is 2.47 bits per heavy atom. The first-order valence-electron chi connectivity index (χ1n) is 5.69. The zero-order valence-electron chi connectivity index (χ0n) is 9.26. The van der Waals surface area contributed by atoms with Crippen molar-refractivity contribution in [3.63, 3.8) is 0 Å². The highest BCUT2D eigenvalue weighted by molar-refractivity contribution is 5.04. The maximum Gasteiger partial charge on any atom is 0.0587 e. The molecule has 1 fully saturated rings. The SMILES string of the molecule is CCn1cc(CN2CCC[C@@H]2CO)cn1. The zero-order valence-corrected chi connectivity index (χ0v) is 9.26. The molecule has 2 rings (SSSR count). The molecule has 1 aromatic rings. The van der Waals surface area contributed by atoms with Crippen LogP contribution in [0.1, 0.15) is 25.3 Å². The van der Waals surface area contributed by atoms with Crippen LogP contribution < -0.4 is 0 Å². The lowest BCUT2D eigenvalue weighted by Crippen LogP contribution is -2.31. The third kappa shape index (κ3) is 2.38. The van der Waals surface area contributed by atoms with Crippen LogP contribution in [0, 0.1) is 0 Å². The van der Waals surface area contributed by atoms with Crippen molar-refractivity contribution >= 4 is 0 Å². The van der Waals surface area contributed by atoms with Crippen molar-refractivity contribution < 1.29 is 5.11 Å². The van der Waals surface area contributed by atoms with E-state index in [1.165, 1.54) is 12.0 Å². The van der Waals surface area contributed by atoms with Crippen LogP contribution in [-0.2, 0) is 13.1 Å². The normalized spacial score (nSPS) is 22.4. The molecule has 2 heterocycles. The molecule has 84 valence electrons. The molecule has 4 heteroatoms. The quantitative estimate of drug-likeness (QED) is 0.799. The van der Waals surface area contributed by atoms with Gasteiger partial charge in [-0.2, -0.15) is 5.10 Å². The summed E-state index contributed by atoms with van der Waals surface area (Å²) in [6, 6.07) is 0.356. The second-order valence-electron chi connectivity index (χ2n) is 4.15. The van der Waals surface area contributed by atoms with Gasteiger partial charge in [0.25, 0.3) is 0 Å². The van der Waals surface area contributed by atoms with Crippen LogP contribution in [0.4, 0.5) is 0 Å². The van der Waals surface area contributed by atoms with Crippen molar-refractivity contribution in [2.75, 3.05) is 13.2 Å². The summed E-state index contributed by atoms with van der Waals surface area (Å²) in [7, 11) is 0. The van der Waals surface area contributed by atoms with Crippen LogP contribution in [0.3, 0.4) is 0 Å². The molecule has 0 amide bonds. The van der Waals surface area contributed by atoms with E-state index in [9.17, 15) is 5.11 Å². The summed E-state index contributed by atoms with van der Waals surface area (Å²) in [5, 5.41) is 13.5. The Morgan fingerprint density at radius 1 is 1.60 bits per heavy atom. The average Bonchev–Trinajstić information content (AvgIpc) is 2.87. The summed E-state index contributed by atoms with van der Waals surface area (Å²) < 4.78 is 1.94. The molecule has 0 aliphatic carbocycles. The zero-order chi connectivity index (χ0) is 10.7. The van der Waals surface area contributed by atoms with E-state index < -0.39 is 0 Å². The summed E-state index contributed by atoms with van der Waals surface area (Å²) in [5.41, 5.74) is 1.25. The highest BCUT2D eigenvalue weighted by Crippen LogP contribution is 2.19. The van der Waals surface area contributed by atoms with Gasteiger partial charge in [-0.15, -0.1) is 0 Å². The van der Waals surface area contributed by atoms with E-state index in [0.29, 0.717) is 6.04 Å². The van der Waals surface area contributed by atoms with E-state index in [1.807, 2.05) is 10.9 Å². The van der Waals surface area contributed by atoms with Gasteiger partial charge in [-0.3, -0.25) is 9.58 Å². The molecular weight excluding hydrogens is 190 g/mol. The monoisotopic (exact) mass is 209 g/mol. The van der Waals surface area contributed by atoms with E-state index in [0.717, 1.165) is 26.1 Å². The van der Waals surface area contributed by atoms with E-state index >= 15 is 0 Å². The number of likely N-dealkylation sites (tertiary alicyclic amines) is 1. The largest absolute Gasteiger partial charge is 0.395 e. The lowest BCUT2D eigenvalue weighted by molar-refractivity contribution is 0.153. The molecule has 4 nitrogen and oxygen atoms in total. The van der Waals surface area contributed by atoms with E-state index in [2.05, 4.69) is 23.1 Å². The van der Waals surface area contributed by atoms with Gasteiger partial charge in [0.05, 0.1) is 12.8 Å². The molecule has 1 aromatic heterocycles. The molecule has 1 saturated heterocycles.